The number of nitrogens with two attached hydrogens (primary N) is 2. The van der Waals surface area contributed by atoms with Gasteiger partial charge in [0, 0.05) is 18.1 Å². The summed E-state index contributed by atoms with van der Waals surface area (Å²) < 4.78 is 0. The normalized spacial score (nSPS) is 43.5. The molecule has 0 aliphatic carbocycles. The van der Waals surface area contributed by atoms with Crippen molar-refractivity contribution in [3.63, 3.8) is 0 Å². The monoisotopic (exact) mass is 172 g/mol. The van der Waals surface area contributed by atoms with Gasteiger partial charge in [0.05, 0.1) is 6.17 Å². The minimum atomic E-state index is 0.0507. The van der Waals surface area contributed by atoms with Crippen LogP contribution in [-0.4, -0.2) is 43.3 Å². The molecule has 0 aromatic carbocycles. The fourth-order valence-corrected chi connectivity index (χ4v) is 1.70. The van der Waals surface area contributed by atoms with Crippen LogP contribution in [0.5, 0.6) is 0 Å². The van der Waals surface area contributed by atoms with Gasteiger partial charge in [-0.15, -0.1) is 0 Å². The number of piperidine rings is 1. The molecule has 0 aromatic rings. The molecule has 4 nitrogen and oxygen atoms in total. The van der Waals surface area contributed by atoms with Crippen molar-refractivity contribution >= 4 is 0 Å². The van der Waals surface area contributed by atoms with Crippen LogP contribution in [0, 0.1) is 0 Å². The summed E-state index contributed by atoms with van der Waals surface area (Å²) in [6, 6.07) is 0.907. The Bertz CT molecular complexity index is 148. The van der Waals surface area contributed by atoms with Gasteiger partial charge >= 0.3 is 0 Å². The third-order valence-electron chi connectivity index (χ3n) is 2.69. The number of nitrogens with zero attached hydrogens (tertiary/aromatic N) is 1. The van der Waals surface area contributed by atoms with Gasteiger partial charge in [0.15, 0.2) is 0 Å². The highest BCUT2D eigenvalue weighted by Crippen LogP contribution is 2.13. The highest BCUT2D eigenvalue weighted by atomic mass is 15.2. The lowest BCUT2D eigenvalue weighted by atomic mass is 9.94. The molecule has 0 amide bonds. The lowest BCUT2D eigenvalue weighted by Gasteiger charge is -2.41. The Morgan fingerprint density at radius 1 is 1.33 bits per heavy atom. The van der Waals surface area contributed by atoms with Crippen LogP contribution in [0.25, 0.3) is 0 Å². The van der Waals surface area contributed by atoms with Crippen LogP contribution in [0.2, 0.25) is 0 Å². The average Bonchev–Trinajstić information content (AvgIpc) is 1.96. The van der Waals surface area contributed by atoms with Crippen LogP contribution >= 0.6 is 0 Å². The predicted molar refractivity (Wildman–Crippen MR) is 50.6 cm³/mol. The van der Waals surface area contributed by atoms with Crippen LogP contribution in [0.1, 0.15) is 13.3 Å². The molecule has 0 radical (unpaired) electrons. The Morgan fingerprint density at radius 2 is 1.92 bits per heavy atom. The molecule has 1 fully saturated rings. The van der Waals surface area contributed by atoms with Crippen molar-refractivity contribution in [1.29, 1.82) is 0 Å². The Labute approximate surface area is 74.3 Å². The zero-order valence-corrected chi connectivity index (χ0v) is 8.12. The molecule has 1 saturated heterocycles. The summed E-state index contributed by atoms with van der Waals surface area (Å²) >= 11 is 0. The van der Waals surface area contributed by atoms with Crippen LogP contribution in [-0.2, 0) is 0 Å². The molecule has 0 aromatic heterocycles. The van der Waals surface area contributed by atoms with E-state index in [1.165, 1.54) is 0 Å². The first-order chi connectivity index (χ1) is 5.52. The Kier molecular flexibility index (Phi) is 3.06. The second kappa shape index (κ2) is 3.70. The van der Waals surface area contributed by atoms with E-state index < -0.39 is 0 Å². The van der Waals surface area contributed by atoms with Gasteiger partial charge in [-0.05, 0) is 27.4 Å². The number of rotatable bonds is 1. The van der Waals surface area contributed by atoms with Crippen LogP contribution < -0.4 is 16.8 Å². The molecule has 1 aliphatic heterocycles. The quantitative estimate of drug-likeness (QED) is 0.470. The van der Waals surface area contributed by atoms with Gasteiger partial charge < -0.3 is 16.4 Å². The molecule has 4 heteroatoms. The zero-order chi connectivity index (χ0) is 9.30. The molecular weight excluding hydrogens is 152 g/mol. The SMILES string of the molecule is CC1NC(N)C(N(C)C)CC1N. The first-order valence-corrected chi connectivity index (χ1v) is 4.46. The molecular formula is C8H20N4. The van der Waals surface area contributed by atoms with E-state index in [1.807, 2.05) is 14.1 Å². The van der Waals surface area contributed by atoms with Crippen molar-refractivity contribution in [3.05, 3.63) is 0 Å². The Hall–Kier alpha value is -0.160. The molecule has 1 heterocycles. The van der Waals surface area contributed by atoms with Crippen LogP contribution in [0.15, 0.2) is 0 Å². The Balaban J connectivity index is 2.55. The van der Waals surface area contributed by atoms with Gasteiger partial charge in [-0.2, -0.15) is 0 Å². The maximum absolute atomic E-state index is 5.92. The topological polar surface area (TPSA) is 67.3 Å². The van der Waals surface area contributed by atoms with Gasteiger partial charge in [0.2, 0.25) is 0 Å². The average molecular weight is 172 g/mol. The molecule has 4 unspecified atom stereocenters. The predicted octanol–water partition coefficient (Wildman–Crippen LogP) is -1.09. The molecule has 4 atom stereocenters. The van der Waals surface area contributed by atoms with Crippen molar-refractivity contribution in [1.82, 2.24) is 10.2 Å². The summed E-state index contributed by atoms with van der Waals surface area (Å²) in [5, 5.41) is 3.27. The van der Waals surface area contributed by atoms with Crippen LogP contribution in [0.3, 0.4) is 0 Å². The second-order valence-electron chi connectivity index (χ2n) is 3.91. The van der Waals surface area contributed by atoms with E-state index in [9.17, 15) is 0 Å². The number of hydrogen-bond donors (Lipinski definition) is 3. The second-order valence-corrected chi connectivity index (χ2v) is 3.91. The van der Waals surface area contributed by atoms with Crippen LogP contribution in [0.4, 0.5) is 0 Å². The lowest BCUT2D eigenvalue weighted by molar-refractivity contribution is 0.152. The maximum Gasteiger partial charge on any atom is 0.0709 e. The molecule has 0 saturated carbocycles. The summed E-state index contributed by atoms with van der Waals surface area (Å²) in [5.74, 6) is 0. The molecule has 0 bridgehead atoms. The third kappa shape index (κ3) is 1.95. The summed E-state index contributed by atoms with van der Waals surface area (Å²) in [7, 11) is 4.07. The van der Waals surface area contributed by atoms with E-state index in [0.717, 1.165) is 6.42 Å². The van der Waals surface area contributed by atoms with Crippen molar-refractivity contribution < 1.29 is 0 Å². The van der Waals surface area contributed by atoms with E-state index in [4.69, 9.17) is 11.5 Å². The minimum Gasteiger partial charge on any atom is -0.326 e. The smallest absolute Gasteiger partial charge is 0.0709 e. The molecule has 12 heavy (non-hydrogen) atoms. The third-order valence-corrected chi connectivity index (χ3v) is 2.69. The van der Waals surface area contributed by atoms with E-state index >= 15 is 0 Å². The highest BCUT2D eigenvalue weighted by molar-refractivity contribution is 4.93. The lowest BCUT2D eigenvalue weighted by Crippen LogP contribution is -2.65. The van der Waals surface area contributed by atoms with Crippen molar-refractivity contribution in [3.8, 4) is 0 Å². The van der Waals surface area contributed by atoms with E-state index in [-0.39, 0.29) is 12.2 Å². The summed E-state index contributed by atoms with van der Waals surface area (Å²) in [5.41, 5.74) is 11.8. The molecule has 72 valence electrons. The first kappa shape index (κ1) is 9.92. The van der Waals surface area contributed by atoms with Crippen molar-refractivity contribution in [2.75, 3.05) is 14.1 Å². The van der Waals surface area contributed by atoms with Gasteiger partial charge in [0.25, 0.3) is 0 Å². The summed E-state index contributed by atoms with van der Waals surface area (Å²) in [6.07, 6.45) is 1.03. The van der Waals surface area contributed by atoms with Gasteiger partial charge in [-0.3, -0.25) is 5.32 Å². The first-order valence-electron chi connectivity index (χ1n) is 4.46. The Morgan fingerprint density at radius 3 is 2.42 bits per heavy atom. The fraction of sp³-hybridized carbons (Fsp3) is 1.00. The molecule has 1 rings (SSSR count). The molecule has 1 aliphatic rings. The fourth-order valence-electron chi connectivity index (χ4n) is 1.70. The summed E-state index contributed by atoms with van der Waals surface area (Å²) in [4.78, 5) is 2.13. The number of hydrogen-bond acceptors (Lipinski definition) is 4. The minimum absolute atomic E-state index is 0.0507. The van der Waals surface area contributed by atoms with E-state index in [1.54, 1.807) is 0 Å². The molecule has 5 N–H and O–H groups in total. The largest absolute Gasteiger partial charge is 0.326 e. The van der Waals surface area contributed by atoms with E-state index in [0.29, 0.717) is 12.1 Å². The molecule has 0 spiro atoms. The standard InChI is InChI=1S/C8H20N4/c1-5-6(9)4-7(12(2)3)8(10)11-5/h5-8,11H,4,9-10H2,1-3H3. The van der Waals surface area contributed by atoms with Crippen molar-refractivity contribution in [2.45, 2.75) is 37.6 Å². The van der Waals surface area contributed by atoms with Crippen molar-refractivity contribution in [2.24, 2.45) is 11.5 Å². The number of nitrogens with one attached hydrogen (secondary N) is 1. The highest BCUT2D eigenvalue weighted by Gasteiger charge is 2.31. The van der Waals surface area contributed by atoms with Gasteiger partial charge in [-0.1, -0.05) is 0 Å². The zero-order valence-electron chi connectivity index (χ0n) is 8.12. The summed E-state index contributed by atoms with van der Waals surface area (Å²) in [6.45, 7) is 2.08. The van der Waals surface area contributed by atoms with E-state index in [2.05, 4.69) is 17.1 Å². The van der Waals surface area contributed by atoms with Gasteiger partial charge in [0.1, 0.15) is 0 Å². The number of likely N-dealkylation sites (N-methyl/N-ethyl adjacent to an activating group) is 1. The maximum atomic E-state index is 5.92. The van der Waals surface area contributed by atoms with Gasteiger partial charge in [-0.25, -0.2) is 0 Å².